The van der Waals surface area contributed by atoms with Crippen molar-refractivity contribution in [2.75, 3.05) is 0 Å². The third kappa shape index (κ3) is 3.35. The summed E-state index contributed by atoms with van der Waals surface area (Å²) in [6, 6.07) is 10.7. The van der Waals surface area contributed by atoms with Crippen LogP contribution < -0.4 is 0 Å². The Labute approximate surface area is 91.6 Å². The van der Waals surface area contributed by atoms with Gasteiger partial charge in [-0.3, -0.25) is 4.99 Å². The summed E-state index contributed by atoms with van der Waals surface area (Å²) in [5.41, 5.74) is 1.19. The molecule has 0 spiro atoms. The summed E-state index contributed by atoms with van der Waals surface area (Å²) < 4.78 is 0. The van der Waals surface area contributed by atoms with Gasteiger partial charge < -0.3 is 0 Å². The molecule has 1 aromatic rings. The van der Waals surface area contributed by atoms with E-state index in [-0.39, 0.29) is 0 Å². The van der Waals surface area contributed by atoms with E-state index in [0.29, 0.717) is 6.04 Å². The van der Waals surface area contributed by atoms with Crippen LogP contribution in [-0.2, 0) is 0 Å². The SMILES string of the molecule is C1=CC(N=Cc2ccccc2)CCCC1. The van der Waals surface area contributed by atoms with Gasteiger partial charge in [0.25, 0.3) is 0 Å². The van der Waals surface area contributed by atoms with Crippen LogP contribution in [0.25, 0.3) is 0 Å². The molecule has 0 aliphatic heterocycles. The number of benzene rings is 1. The van der Waals surface area contributed by atoms with E-state index < -0.39 is 0 Å². The average molecular weight is 199 g/mol. The minimum Gasteiger partial charge on any atom is -0.285 e. The Morgan fingerprint density at radius 2 is 2.00 bits per heavy atom. The van der Waals surface area contributed by atoms with E-state index in [4.69, 9.17) is 0 Å². The van der Waals surface area contributed by atoms with Gasteiger partial charge in [0, 0.05) is 6.21 Å². The van der Waals surface area contributed by atoms with Crippen molar-refractivity contribution in [3.05, 3.63) is 48.0 Å². The number of rotatable bonds is 2. The van der Waals surface area contributed by atoms with Crippen molar-refractivity contribution in [1.29, 1.82) is 0 Å². The lowest BCUT2D eigenvalue weighted by Gasteiger charge is -2.03. The van der Waals surface area contributed by atoms with Crippen LogP contribution in [0.15, 0.2) is 47.5 Å². The summed E-state index contributed by atoms with van der Waals surface area (Å²) in [5.74, 6) is 0. The van der Waals surface area contributed by atoms with Gasteiger partial charge in [0.2, 0.25) is 0 Å². The first-order valence-corrected chi connectivity index (χ1v) is 5.70. The summed E-state index contributed by atoms with van der Waals surface area (Å²) >= 11 is 0. The fourth-order valence-corrected chi connectivity index (χ4v) is 1.81. The third-order valence-corrected chi connectivity index (χ3v) is 2.69. The lowest BCUT2D eigenvalue weighted by atomic mass is 10.1. The molecule has 1 aliphatic carbocycles. The van der Waals surface area contributed by atoms with Gasteiger partial charge in [0.15, 0.2) is 0 Å². The number of aliphatic imine (C=N–C) groups is 1. The van der Waals surface area contributed by atoms with Crippen LogP contribution >= 0.6 is 0 Å². The van der Waals surface area contributed by atoms with Crippen molar-refractivity contribution in [2.45, 2.75) is 31.7 Å². The van der Waals surface area contributed by atoms with Gasteiger partial charge in [-0.2, -0.15) is 0 Å². The molecule has 0 saturated carbocycles. The van der Waals surface area contributed by atoms with Gasteiger partial charge >= 0.3 is 0 Å². The summed E-state index contributed by atoms with van der Waals surface area (Å²) in [6.45, 7) is 0. The average Bonchev–Trinajstić information content (AvgIpc) is 2.56. The van der Waals surface area contributed by atoms with Crippen molar-refractivity contribution < 1.29 is 0 Å². The second-order valence-electron chi connectivity index (χ2n) is 3.97. The lowest BCUT2D eigenvalue weighted by Crippen LogP contribution is -1.99. The monoisotopic (exact) mass is 199 g/mol. The Kier molecular flexibility index (Phi) is 3.72. The van der Waals surface area contributed by atoms with Crippen LogP contribution in [0.1, 0.15) is 31.2 Å². The van der Waals surface area contributed by atoms with Crippen molar-refractivity contribution in [3.8, 4) is 0 Å². The molecule has 1 aromatic carbocycles. The molecule has 0 aromatic heterocycles. The maximum absolute atomic E-state index is 4.60. The van der Waals surface area contributed by atoms with Crippen molar-refractivity contribution in [1.82, 2.24) is 0 Å². The quantitative estimate of drug-likeness (QED) is 0.509. The van der Waals surface area contributed by atoms with Crippen LogP contribution in [0.2, 0.25) is 0 Å². The first-order chi connectivity index (χ1) is 7.45. The summed E-state index contributed by atoms with van der Waals surface area (Å²) in [4.78, 5) is 4.60. The van der Waals surface area contributed by atoms with E-state index in [0.717, 1.165) is 0 Å². The highest BCUT2D eigenvalue weighted by Crippen LogP contribution is 2.13. The van der Waals surface area contributed by atoms with E-state index in [2.05, 4.69) is 29.3 Å². The Morgan fingerprint density at radius 3 is 2.87 bits per heavy atom. The Balaban J connectivity index is 1.98. The zero-order valence-electron chi connectivity index (χ0n) is 8.97. The fourth-order valence-electron chi connectivity index (χ4n) is 1.81. The van der Waals surface area contributed by atoms with Crippen LogP contribution in [-0.4, -0.2) is 12.3 Å². The van der Waals surface area contributed by atoms with Gasteiger partial charge in [-0.25, -0.2) is 0 Å². The molecule has 0 amide bonds. The smallest absolute Gasteiger partial charge is 0.0680 e. The van der Waals surface area contributed by atoms with Crippen LogP contribution in [0.5, 0.6) is 0 Å². The topological polar surface area (TPSA) is 12.4 Å². The van der Waals surface area contributed by atoms with Crippen LogP contribution in [0.4, 0.5) is 0 Å². The van der Waals surface area contributed by atoms with E-state index in [9.17, 15) is 0 Å². The molecule has 1 unspecified atom stereocenters. The largest absolute Gasteiger partial charge is 0.285 e. The fraction of sp³-hybridized carbons (Fsp3) is 0.357. The molecule has 1 atom stereocenters. The standard InChI is InChI=1S/C14H17N/c1-2-7-11-14(10-6-1)15-12-13-8-4-3-5-9-13/h3-6,8-10,12,14H,1-2,7,11H2. The van der Waals surface area contributed by atoms with Crippen LogP contribution in [0, 0.1) is 0 Å². The van der Waals surface area contributed by atoms with Gasteiger partial charge in [0.05, 0.1) is 6.04 Å². The molecule has 0 bridgehead atoms. The molecule has 78 valence electrons. The Hall–Kier alpha value is -1.37. The molecule has 0 fully saturated rings. The molecule has 1 heteroatoms. The molecule has 1 nitrogen and oxygen atoms in total. The molecular weight excluding hydrogens is 182 g/mol. The minimum atomic E-state index is 0.396. The molecule has 15 heavy (non-hydrogen) atoms. The zero-order valence-corrected chi connectivity index (χ0v) is 8.97. The highest BCUT2D eigenvalue weighted by Gasteiger charge is 2.03. The molecule has 1 aliphatic rings. The maximum Gasteiger partial charge on any atom is 0.0680 e. The highest BCUT2D eigenvalue weighted by molar-refractivity contribution is 5.79. The second kappa shape index (κ2) is 5.50. The zero-order chi connectivity index (χ0) is 10.3. The Morgan fingerprint density at radius 1 is 1.13 bits per heavy atom. The van der Waals surface area contributed by atoms with E-state index in [1.54, 1.807) is 0 Å². The normalized spacial score (nSPS) is 21.7. The van der Waals surface area contributed by atoms with Crippen molar-refractivity contribution in [3.63, 3.8) is 0 Å². The molecule has 2 rings (SSSR count). The Bertz CT molecular complexity index is 338. The highest BCUT2D eigenvalue weighted by atomic mass is 14.8. The van der Waals surface area contributed by atoms with Gasteiger partial charge in [-0.15, -0.1) is 0 Å². The molecular formula is C14H17N. The predicted octanol–water partition coefficient (Wildman–Crippen LogP) is 3.60. The van der Waals surface area contributed by atoms with E-state index in [1.165, 1.54) is 31.2 Å². The first-order valence-electron chi connectivity index (χ1n) is 5.70. The lowest BCUT2D eigenvalue weighted by molar-refractivity contribution is 0.660. The van der Waals surface area contributed by atoms with E-state index in [1.807, 2.05) is 24.4 Å². The minimum absolute atomic E-state index is 0.396. The second-order valence-corrected chi connectivity index (χ2v) is 3.97. The molecule has 0 saturated heterocycles. The predicted molar refractivity (Wildman–Crippen MR) is 65.4 cm³/mol. The van der Waals surface area contributed by atoms with Crippen molar-refractivity contribution >= 4 is 6.21 Å². The molecule has 0 heterocycles. The summed E-state index contributed by atoms with van der Waals surface area (Å²) in [5, 5.41) is 0. The van der Waals surface area contributed by atoms with Crippen LogP contribution in [0.3, 0.4) is 0 Å². The molecule has 0 radical (unpaired) electrons. The van der Waals surface area contributed by atoms with Gasteiger partial charge in [-0.1, -0.05) is 48.9 Å². The number of nitrogens with zero attached hydrogens (tertiary/aromatic N) is 1. The number of hydrogen-bond acceptors (Lipinski definition) is 1. The summed E-state index contributed by atoms with van der Waals surface area (Å²) in [6.07, 6.45) is 11.5. The molecule has 0 N–H and O–H groups in total. The number of hydrogen-bond donors (Lipinski definition) is 0. The first kappa shape index (κ1) is 10.2. The van der Waals surface area contributed by atoms with E-state index >= 15 is 0 Å². The van der Waals surface area contributed by atoms with Gasteiger partial charge in [0.1, 0.15) is 0 Å². The van der Waals surface area contributed by atoms with Gasteiger partial charge in [-0.05, 0) is 24.8 Å². The third-order valence-electron chi connectivity index (χ3n) is 2.69. The van der Waals surface area contributed by atoms with Crippen molar-refractivity contribution in [2.24, 2.45) is 4.99 Å². The summed E-state index contributed by atoms with van der Waals surface area (Å²) in [7, 11) is 0. The number of allylic oxidation sites excluding steroid dienone is 1. The maximum atomic E-state index is 4.60.